The molecule has 20 heavy (non-hydrogen) atoms. The number of hydrogen-bond acceptors (Lipinski definition) is 5. The second kappa shape index (κ2) is 6.45. The summed E-state index contributed by atoms with van der Waals surface area (Å²) in [7, 11) is 0. The number of nitrogens with zero attached hydrogens (tertiary/aromatic N) is 4. The molecule has 108 valence electrons. The van der Waals surface area contributed by atoms with E-state index in [2.05, 4.69) is 31.5 Å². The Labute approximate surface area is 128 Å². The van der Waals surface area contributed by atoms with Crippen LogP contribution in [-0.2, 0) is 11.3 Å². The number of halogens is 1. The van der Waals surface area contributed by atoms with Gasteiger partial charge in [0.1, 0.15) is 0 Å². The van der Waals surface area contributed by atoms with E-state index >= 15 is 0 Å². The summed E-state index contributed by atoms with van der Waals surface area (Å²) >= 11 is 4.91. The molecule has 0 radical (unpaired) electrons. The first-order chi connectivity index (χ1) is 9.47. The van der Waals surface area contributed by atoms with Gasteiger partial charge in [0.15, 0.2) is 5.82 Å². The minimum absolute atomic E-state index is 0.283. The summed E-state index contributed by atoms with van der Waals surface area (Å²) in [6.07, 6.45) is 0.600. The quantitative estimate of drug-likeness (QED) is 0.858. The molecule has 0 saturated heterocycles. The molecule has 2 aromatic heterocycles. The lowest BCUT2D eigenvalue weighted by molar-refractivity contribution is -0.142. The average molecular weight is 359 g/mol. The van der Waals surface area contributed by atoms with Gasteiger partial charge in [-0.2, -0.15) is 0 Å². The van der Waals surface area contributed by atoms with Gasteiger partial charge in [0, 0.05) is 0 Å². The minimum atomic E-state index is -0.812. The second-order valence-electron chi connectivity index (χ2n) is 4.95. The number of carbonyl (C=O) groups is 1. The van der Waals surface area contributed by atoms with Gasteiger partial charge < -0.3 is 5.11 Å². The molecule has 2 aromatic rings. The van der Waals surface area contributed by atoms with E-state index in [4.69, 9.17) is 0 Å². The van der Waals surface area contributed by atoms with Crippen molar-refractivity contribution < 1.29 is 9.90 Å². The first-order valence-electron chi connectivity index (χ1n) is 6.22. The second-order valence-corrected chi connectivity index (χ2v) is 7.42. The van der Waals surface area contributed by atoms with Crippen LogP contribution >= 0.6 is 27.3 Å². The third-order valence-corrected chi connectivity index (χ3v) is 4.44. The van der Waals surface area contributed by atoms with Crippen LogP contribution in [0.1, 0.15) is 20.3 Å². The maximum atomic E-state index is 11.3. The summed E-state index contributed by atoms with van der Waals surface area (Å²) in [6.45, 7) is 4.30. The fraction of sp³-hybridized carbons (Fsp3) is 0.500. The average Bonchev–Trinajstić information content (AvgIpc) is 2.96. The summed E-state index contributed by atoms with van der Waals surface area (Å²) < 4.78 is 2.55. The molecule has 0 aliphatic heterocycles. The van der Waals surface area contributed by atoms with Gasteiger partial charge in [-0.3, -0.25) is 4.79 Å². The number of carboxylic acids is 1. The van der Waals surface area contributed by atoms with E-state index < -0.39 is 11.9 Å². The normalized spacial score (nSPS) is 12.8. The third-order valence-electron chi connectivity index (χ3n) is 2.82. The van der Waals surface area contributed by atoms with E-state index in [0.717, 1.165) is 8.66 Å². The van der Waals surface area contributed by atoms with Gasteiger partial charge in [-0.05, 0) is 50.8 Å². The molecule has 0 aliphatic rings. The summed E-state index contributed by atoms with van der Waals surface area (Å²) in [5.74, 6) is -0.379. The van der Waals surface area contributed by atoms with Crippen LogP contribution < -0.4 is 0 Å². The highest BCUT2D eigenvalue weighted by atomic mass is 79.9. The van der Waals surface area contributed by atoms with Crippen molar-refractivity contribution in [3.8, 4) is 10.7 Å². The van der Waals surface area contributed by atoms with Crippen LogP contribution in [0.15, 0.2) is 15.9 Å². The number of hydrogen-bond donors (Lipinski definition) is 1. The molecular formula is C12H15BrN4O2S. The Hall–Kier alpha value is -1.28. The number of rotatable bonds is 6. The Kier molecular flexibility index (Phi) is 4.87. The molecule has 6 nitrogen and oxygen atoms in total. The van der Waals surface area contributed by atoms with Crippen molar-refractivity contribution in [3.63, 3.8) is 0 Å². The van der Waals surface area contributed by atoms with Crippen molar-refractivity contribution in [2.45, 2.75) is 26.8 Å². The van der Waals surface area contributed by atoms with E-state index in [1.165, 1.54) is 11.3 Å². The summed E-state index contributed by atoms with van der Waals surface area (Å²) in [4.78, 5) is 12.2. The molecule has 2 rings (SSSR count). The number of thiophene rings is 1. The Balaban J connectivity index is 2.21. The highest BCUT2D eigenvalue weighted by molar-refractivity contribution is 9.11. The largest absolute Gasteiger partial charge is 0.481 e. The molecule has 1 N–H and O–H groups in total. The van der Waals surface area contributed by atoms with Crippen molar-refractivity contribution in [1.29, 1.82) is 0 Å². The SMILES string of the molecule is CC(C)CC(Cn1nnnc1-c1ccc(Br)s1)C(=O)O. The maximum Gasteiger partial charge on any atom is 0.308 e. The Morgan fingerprint density at radius 3 is 2.80 bits per heavy atom. The lowest BCUT2D eigenvalue weighted by atomic mass is 9.97. The fourth-order valence-electron chi connectivity index (χ4n) is 1.97. The van der Waals surface area contributed by atoms with Gasteiger partial charge >= 0.3 is 5.97 Å². The monoisotopic (exact) mass is 358 g/mol. The Morgan fingerprint density at radius 2 is 2.25 bits per heavy atom. The molecule has 0 aromatic carbocycles. The van der Waals surface area contributed by atoms with Crippen LogP contribution in [0.3, 0.4) is 0 Å². The van der Waals surface area contributed by atoms with Crippen molar-refractivity contribution in [3.05, 3.63) is 15.9 Å². The maximum absolute atomic E-state index is 11.3. The number of tetrazole rings is 1. The highest BCUT2D eigenvalue weighted by Gasteiger charge is 2.22. The smallest absolute Gasteiger partial charge is 0.308 e. The molecule has 1 unspecified atom stereocenters. The highest BCUT2D eigenvalue weighted by Crippen LogP contribution is 2.30. The van der Waals surface area contributed by atoms with E-state index in [1.807, 2.05) is 26.0 Å². The predicted octanol–water partition coefficient (Wildman–Crippen LogP) is 2.91. The minimum Gasteiger partial charge on any atom is -0.481 e. The lowest BCUT2D eigenvalue weighted by Crippen LogP contribution is -2.23. The molecule has 0 spiro atoms. The van der Waals surface area contributed by atoms with E-state index in [1.54, 1.807) is 4.68 Å². The van der Waals surface area contributed by atoms with E-state index in [-0.39, 0.29) is 6.54 Å². The summed E-state index contributed by atoms with van der Waals surface area (Å²) in [6, 6.07) is 3.83. The van der Waals surface area contributed by atoms with Crippen molar-refractivity contribution >= 4 is 33.2 Å². The first kappa shape index (κ1) is 15.1. The van der Waals surface area contributed by atoms with Gasteiger partial charge in [0.25, 0.3) is 0 Å². The number of aliphatic carboxylic acids is 1. The van der Waals surface area contributed by atoms with Crippen LogP contribution in [-0.4, -0.2) is 31.3 Å². The molecule has 1 atom stereocenters. The molecule has 8 heteroatoms. The Morgan fingerprint density at radius 1 is 1.50 bits per heavy atom. The van der Waals surface area contributed by atoms with Crippen LogP contribution in [0, 0.1) is 11.8 Å². The lowest BCUT2D eigenvalue weighted by Gasteiger charge is -2.14. The topological polar surface area (TPSA) is 80.9 Å². The van der Waals surface area contributed by atoms with Crippen molar-refractivity contribution in [2.24, 2.45) is 11.8 Å². The van der Waals surface area contributed by atoms with Crippen LogP contribution in [0.25, 0.3) is 10.7 Å². The van der Waals surface area contributed by atoms with Crippen LogP contribution in [0.5, 0.6) is 0 Å². The number of aromatic nitrogens is 4. The van der Waals surface area contributed by atoms with Gasteiger partial charge in [-0.1, -0.05) is 13.8 Å². The van der Waals surface area contributed by atoms with Crippen LogP contribution in [0.2, 0.25) is 0 Å². The van der Waals surface area contributed by atoms with E-state index in [9.17, 15) is 9.90 Å². The number of carboxylic acid groups (broad SMARTS) is 1. The molecule has 0 saturated carbocycles. The molecule has 2 heterocycles. The van der Waals surface area contributed by atoms with Gasteiger partial charge in [-0.15, -0.1) is 16.4 Å². The van der Waals surface area contributed by atoms with Gasteiger partial charge in [0.05, 0.1) is 21.1 Å². The third kappa shape index (κ3) is 3.63. The standard InChI is InChI=1S/C12H15BrN4O2S/c1-7(2)5-8(12(18)19)6-17-11(14-15-16-17)9-3-4-10(13)20-9/h3-4,7-8H,5-6H2,1-2H3,(H,18,19). The van der Waals surface area contributed by atoms with Gasteiger partial charge in [0.2, 0.25) is 0 Å². The molecule has 0 bridgehead atoms. The fourth-order valence-corrected chi connectivity index (χ4v) is 3.34. The Bertz CT molecular complexity index is 596. The molecule has 0 amide bonds. The molecule has 0 fully saturated rings. The zero-order valence-corrected chi connectivity index (χ0v) is 13.6. The van der Waals surface area contributed by atoms with Crippen LogP contribution in [0.4, 0.5) is 0 Å². The van der Waals surface area contributed by atoms with Crippen molar-refractivity contribution in [2.75, 3.05) is 0 Å². The summed E-state index contributed by atoms with van der Waals surface area (Å²) in [5, 5.41) is 20.9. The zero-order chi connectivity index (χ0) is 14.7. The zero-order valence-electron chi connectivity index (χ0n) is 11.2. The first-order valence-corrected chi connectivity index (χ1v) is 7.83. The predicted molar refractivity (Wildman–Crippen MR) is 79.4 cm³/mol. The molecule has 0 aliphatic carbocycles. The van der Waals surface area contributed by atoms with Crippen molar-refractivity contribution in [1.82, 2.24) is 20.2 Å². The summed E-state index contributed by atoms with van der Waals surface area (Å²) in [5.41, 5.74) is 0. The molecular weight excluding hydrogens is 344 g/mol. The van der Waals surface area contributed by atoms with Gasteiger partial charge in [-0.25, -0.2) is 4.68 Å². The van der Waals surface area contributed by atoms with E-state index in [0.29, 0.717) is 18.2 Å².